The lowest BCUT2D eigenvalue weighted by Gasteiger charge is -2.40. The maximum atomic E-state index is 13.8. The molecule has 1 heterocycles. The maximum absolute atomic E-state index is 13.8. The fourth-order valence-corrected chi connectivity index (χ4v) is 8.84. The number of nitrogens with zero attached hydrogens (tertiary/aromatic N) is 2. The molecule has 10 nitrogen and oxygen atoms in total. The van der Waals surface area contributed by atoms with E-state index in [0.717, 1.165) is 48.4 Å². The van der Waals surface area contributed by atoms with Crippen LogP contribution in [0, 0.1) is 39.4 Å². The molecular formula is C31H49N3O7. The molecule has 5 aliphatic rings. The van der Waals surface area contributed by atoms with E-state index in [1.54, 1.807) is 0 Å². The maximum Gasteiger partial charge on any atom is 0.429 e. The van der Waals surface area contributed by atoms with E-state index in [2.05, 4.69) is 47.0 Å². The number of nitrogens with one attached hydrogen (secondary N) is 1. The van der Waals surface area contributed by atoms with Crippen LogP contribution >= 0.6 is 0 Å². The molecule has 1 saturated heterocycles. The summed E-state index contributed by atoms with van der Waals surface area (Å²) in [6.45, 7) is 18.6. The highest BCUT2D eigenvalue weighted by molar-refractivity contribution is 5.97. The molecule has 5 fully saturated rings. The standard InChI is InChI=1S/C31H49N3O7/c1-17(2)21-16-39-26(37)33(21)24(35)18(3)34(27(38)41-23-15-20-11-13-31(23,9)29(20,6)7)32-25(36)40-22-14-19-10-12-30(22,8)28(19,4)5/h17-23H,10-16H2,1-9H3,(H,32,36)/t18-,19+,20+,21+,22+,23+,30-,31-/m0/s1. The first kappa shape index (κ1) is 30.0. The van der Waals surface area contributed by atoms with E-state index < -0.39 is 36.3 Å². The second kappa shape index (κ2) is 9.76. The number of imide groups is 1. The summed E-state index contributed by atoms with van der Waals surface area (Å²) >= 11 is 0. The molecule has 41 heavy (non-hydrogen) atoms. The van der Waals surface area contributed by atoms with Crippen molar-refractivity contribution in [3.8, 4) is 0 Å². The van der Waals surface area contributed by atoms with Crippen molar-refractivity contribution < 1.29 is 33.4 Å². The second-order valence-corrected chi connectivity index (χ2v) is 15.2. The van der Waals surface area contributed by atoms with Gasteiger partial charge in [0, 0.05) is 10.8 Å². The molecule has 0 aromatic heterocycles. The highest BCUT2D eigenvalue weighted by Gasteiger charge is 2.64. The van der Waals surface area contributed by atoms with E-state index in [0.29, 0.717) is 11.8 Å². The Balaban J connectivity index is 1.36. The van der Waals surface area contributed by atoms with Crippen molar-refractivity contribution >= 4 is 24.2 Å². The molecule has 0 spiro atoms. The lowest BCUT2D eigenvalue weighted by molar-refractivity contribution is -0.136. The molecule has 4 amide bonds. The van der Waals surface area contributed by atoms with Crippen LogP contribution in [0.15, 0.2) is 0 Å². The van der Waals surface area contributed by atoms with Crippen molar-refractivity contribution in [1.29, 1.82) is 0 Å². The summed E-state index contributed by atoms with van der Waals surface area (Å²) in [5, 5.41) is 0.913. The molecular weight excluding hydrogens is 526 g/mol. The molecule has 1 N–H and O–H groups in total. The Morgan fingerprint density at radius 3 is 1.85 bits per heavy atom. The van der Waals surface area contributed by atoms with Gasteiger partial charge in [-0.25, -0.2) is 29.7 Å². The molecule has 4 aliphatic carbocycles. The summed E-state index contributed by atoms with van der Waals surface area (Å²) in [6.07, 6.45) is 2.57. The highest BCUT2D eigenvalue weighted by Crippen LogP contribution is 2.67. The Bertz CT molecular complexity index is 1120. The van der Waals surface area contributed by atoms with Gasteiger partial charge in [-0.05, 0) is 74.0 Å². The average molecular weight is 576 g/mol. The number of carbonyl (C=O) groups excluding carboxylic acids is 4. The number of hydrazine groups is 1. The van der Waals surface area contributed by atoms with Crippen LogP contribution in [0.1, 0.15) is 101 Å². The summed E-state index contributed by atoms with van der Waals surface area (Å²) in [5.74, 6) is 0.205. The van der Waals surface area contributed by atoms with Gasteiger partial charge in [0.1, 0.15) is 24.9 Å². The van der Waals surface area contributed by atoms with Crippen molar-refractivity contribution in [3.63, 3.8) is 0 Å². The molecule has 0 radical (unpaired) electrons. The fourth-order valence-electron chi connectivity index (χ4n) is 8.84. The summed E-state index contributed by atoms with van der Waals surface area (Å²) in [7, 11) is 0. The third kappa shape index (κ3) is 4.32. The Labute approximate surface area is 244 Å². The number of amides is 4. The van der Waals surface area contributed by atoms with Gasteiger partial charge >= 0.3 is 18.3 Å². The number of carbonyl (C=O) groups is 4. The summed E-state index contributed by atoms with van der Waals surface area (Å²) in [6, 6.07) is -1.70. The number of hydrogen-bond acceptors (Lipinski definition) is 7. The Morgan fingerprint density at radius 1 is 0.902 bits per heavy atom. The van der Waals surface area contributed by atoms with Crippen molar-refractivity contribution in [1.82, 2.24) is 15.3 Å². The first-order valence-corrected chi connectivity index (χ1v) is 15.4. The third-order valence-corrected chi connectivity index (χ3v) is 13.0. The molecule has 230 valence electrons. The van der Waals surface area contributed by atoms with Crippen molar-refractivity contribution in [2.45, 2.75) is 125 Å². The molecule has 0 aromatic rings. The van der Waals surface area contributed by atoms with Crippen LogP contribution in [0.25, 0.3) is 0 Å². The lowest BCUT2D eigenvalue weighted by atomic mass is 9.70. The molecule has 5 rings (SSSR count). The fraction of sp³-hybridized carbons (Fsp3) is 0.871. The molecule has 10 heteroatoms. The van der Waals surface area contributed by atoms with E-state index in [-0.39, 0.29) is 46.4 Å². The average Bonchev–Trinajstić information content (AvgIpc) is 3.56. The minimum Gasteiger partial charge on any atom is -0.447 e. The van der Waals surface area contributed by atoms with Gasteiger partial charge in [-0.15, -0.1) is 0 Å². The van der Waals surface area contributed by atoms with Crippen LogP contribution in [0.4, 0.5) is 14.4 Å². The Morgan fingerprint density at radius 2 is 1.41 bits per heavy atom. The molecule has 1 aliphatic heterocycles. The van der Waals surface area contributed by atoms with Crippen molar-refractivity contribution in [2.24, 2.45) is 39.4 Å². The van der Waals surface area contributed by atoms with Crippen LogP contribution in [0.5, 0.6) is 0 Å². The quantitative estimate of drug-likeness (QED) is 0.321. The second-order valence-electron chi connectivity index (χ2n) is 15.2. The molecule has 4 saturated carbocycles. The lowest BCUT2D eigenvalue weighted by Crippen LogP contribution is -2.59. The largest absolute Gasteiger partial charge is 0.447 e. The van der Waals surface area contributed by atoms with Gasteiger partial charge in [0.25, 0.3) is 5.91 Å². The summed E-state index contributed by atoms with van der Waals surface area (Å²) < 4.78 is 17.2. The molecule has 4 bridgehead atoms. The van der Waals surface area contributed by atoms with Crippen LogP contribution < -0.4 is 5.43 Å². The zero-order valence-electron chi connectivity index (χ0n) is 26.2. The minimum absolute atomic E-state index is 0.00437. The highest BCUT2D eigenvalue weighted by atomic mass is 16.6. The molecule has 0 aromatic carbocycles. The monoisotopic (exact) mass is 575 g/mol. The van der Waals surface area contributed by atoms with Gasteiger partial charge < -0.3 is 14.2 Å². The first-order chi connectivity index (χ1) is 19.0. The van der Waals surface area contributed by atoms with Gasteiger partial charge in [0.05, 0.1) is 6.04 Å². The SMILES string of the molecule is CC(C)[C@H]1COC(=O)N1C(=O)[C@H](C)N(NC(=O)O[C@@H]1C[C@H]2CC[C@]1(C)C2(C)C)C(=O)O[C@@H]1C[C@H]2CC[C@]1(C)C2(C)C. The topological polar surface area (TPSA) is 114 Å². The predicted octanol–water partition coefficient (Wildman–Crippen LogP) is 5.89. The van der Waals surface area contributed by atoms with Gasteiger partial charge in [0.15, 0.2) is 0 Å². The number of ether oxygens (including phenoxy) is 3. The first-order valence-electron chi connectivity index (χ1n) is 15.4. The number of cyclic esters (lactones) is 1. The Kier molecular flexibility index (Phi) is 7.13. The van der Waals surface area contributed by atoms with E-state index in [1.807, 2.05) is 13.8 Å². The van der Waals surface area contributed by atoms with Crippen LogP contribution in [-0.2, 0) is 19.0 Å². The van der Waals surface area contributed by atoms with E-state index in [4.69, 9.17) is 14.2 Å². The normalized spacial score (nSPS) is 38.6. The summed E-state index contributed by atoms with van der Waals surface area (Å²) in [4.78, 5) is 54.5. The third-order valence-electron chi connectivity index (χ3n) is 13.0. The molecule has 8 atom stereocenters. The van der Waals surface area contributed by atoms with Gasteiger partial charge in [-0.2, -0.15) is 0 Å². The van der Waals surface area contributed by atoms with Gasteiger partial charge in [-0.1, -0.05) is 55.4 Å². The van der Waals surface area contributed by atoms with E-state index in [1.165, 1.54) is 6.92 Å². The molecule has 0 unspecified atom stereocenters. The zero-order valence-corrected chi connectivity index (χ0v) is 26.2. The smallest absolute Gasteiger partial charge is 0.429 e. The van der Waals surface area contributed by atoms with Gasteiger partial charge in [-0.3, -0.25) is 4.79 Å². The minimum atomic E-state index is -1.23. The van der Waals surface area contributed by atoms with E-state index >= 15 is 0 Å². The number of fused-ring (bicyclic) bond motifs is 4. The van der Waals surface area contributed by atoms with Crippen LogP contribution in [-0.4, -0.2) is 65.0 Å². The number of rotatable bonds is 5. The van der Waals surface area contributed by atoms with Crippen LogP contribution in [0.3, 0.4) is 0 Å². The van der Waals surface area contributed by atoms with Crippen LogP contribution in [0.2, 0.25) is 0 Å². The van der Waals surface area contributed by atoms with E-state index in [9.17, 15) is 19.2 Å². The van der Waals surface area contributed by atoms with Crippen molar-refractivity contribution in [2.75, 3.05) is 6.61 Å². The Hall–Kier alpha value is -2.52. The summed E-state index contributed by atoms with van der Waals surface area (Å²) in [5.41, 5.74) is 2.22. The zero-order chi connectivity index (χ0) is 30.3. The predicted molar refractivity (Wildman–Crippen MR) is 150 cm³/mol. The van der Waals surface area contributed by atoms with Crippen molar-refractivity contribution in [3.05, 3.63) is 0 Å². The van der Waals surface area contributed by atoms with Gasteiger partial charge in [0.2, 0.25) is 0 Å². The number of hydrogen-bond donors (Lipinski definition) is 1.